The summed E-state index contributed by atoms with van der Waals surface area (Å²) in [6.45, 7) is 0. The number of anilines is 4. The van der Waals surface area contributed by atoms with Crippen LogP contribution in [0, 0.1) is 0 Å². The number of benzene rings is 2. The average Bonchev–Trinajstić information content (AvgIpc) is 2.37. The smallest absolute Gasteiger partial charge is 0.0850 e. The van der Waals surface area contributed by atoms with Gasteiger partial charge in [0, 0.05) is 16.8 Å². The average molecular weight is 352 g/mol. The van der Waals surface area contributed by atoms with Gasteiger partial charge in [-0.25, -0.2) is 0 Å². The number of nitrogen functional groups attached to an aromatic ring is 4. The van der Waals surface area contributed by atoms with Crippen molar-refractivity contribution in [3.05, 3.63) is 32.2 Å². The van der Waals surface area contributed by atoms with E-state index in [1.54, 1.807) is 0 Å². The zero-order valence-electron chi connectivity index (χ0n) is 9.98. The van der Waals surface area contributed by atoms with E-state index >= 15 is 0 Å². The second kappa shape index (κ2) is 5.30. The fourth-order valence-corrected chi connectivity index (χ4v) is 3.01. The largest absolute Gasteiger partial charge is 0.399 e. The lowest BCUT2D eigenvalue weighted by Gasteiger charge is -2.17. The summed E-state index contributed by atoms with van der Waals surface area (Å²) in [5.74, 6) is 0. The zero-order chi connectivity index (χ0) is 15.2. The van der Waals surface area contributed by atoms with E-state index in [9.17, 15) is 0 Å². The first-order valence-corrected chi connectivity index (χ1v) is 6.83. The van der Waals surface area contributed by atoms with Gasteiger partial charge in [-0.3, -0.25) is 0 Å². The van der Waals surface area contributed by atoms with E-state index in [1.165, 1.54) is 12.1 Å². The van der Waals surface area contributed by atoms with Crippen molar-refractivity contribution in [2.24, 2.45) is 0 Å². The topological polar surface area (TPSA) is 104 Å². The van der Waals surface area contributed by atoms with Crippen LogP contribution < -0.4 is 22.9 Å². The summed E-state index contributed by atoms with van der Waals surface area (Å²) in [7, 11) is 0. The quantitative estimate of drug-likeness (QED) is 0.575. The summed E-state index contributed by atoms with van der Waals surface area (Å²) >= 11 is 24.6. The molecule has 0 aromatic heterocycles. The Bertz CT molecular complexity index is 663. The Hall–Kier alpha value is -1.20. The molecule has 0 aliphatic carbocycles. The first-order valence-electron chi connectivity index (χ1n) is 5.32. The number of hydrogen-bond acceptors (Lipinski definition) is 4. The molecule has 2 aromatic rings. The molecule has 0 atom stereocenters. The minimum atomic E-state index is 0.0947. The minimum absolute atomic E-state index is 0.0947. The predicted molar refractivity (Wildman–Crippen MR) is 89.6 cm³/mol. The van der Waals surface area contributed by atoms with Crippen molar-refractivity contribution in [3.8, 4) is 11.1 Å². The van der Waals surface area contributed by atoms with E-state index in [-0.39, 0.29) is 37.2 Å². The van der Waals surface area contributed by atoms with Gasteiger partial charge in [-0.15, -0.1) is 0 Å². The molecule has 2 rings (SSSR count). The Labute approximate surface area is 135 Å². The molecule has 8 heteroatoms. The van der Waals surface area contributed by atoms with Crippen LogP contribution in [0.2, 0.25) is 20.1 Å². The van der Waals surface area contributed by atoms with Crippen LogP contribution in [0.3, 0.4) is 0 Å². The Balaban J connectivity index is 2.91. The molecule has 0 bridgehead atoms. The van der Waals surface area contributed by atoms with Crippen LogP contribution in [-0.4, -0.2) is 0 Å². The summed E-state index contributed by atoms with van der Waals surface area (Å²) in [6, 6.07) is 3.05. The third-order valence-electron chi connectivity index (χ3n) is 2.81. The maximum atomic E-state index is 6.20. The highest BCUT2D eigenvalue weighted by atomic mass is 35.5. The van der Waals surface area contributed by atoms with Gasteiger partial charge in [0.1, 0.15) is 0 Å². The maximum Gasteiger partial charge on any atom is 0.0850 e. The highest BCUT2D eigenvalue weighted by Crippen LogP contribution is 2.49. The van der Waals surface area contributed by atoms with Crippen molar-refractivity contribution in [2.45, 2.75) is 0 Å². The van der Waals surface area contributed by atoms with Gasteiger partial charge in [0.2, 0.25) is 0 Å². The van der Waals surface area contributed by atoms with Crippen LogP contribution >= 0.6 is 46.4 Å². The monoisotopic (exact) mass is 350 g/mol. The van der Waals surface area contributed by atoms with E-state index in [0.29, 0.717) is 16.8 Å². The van der Waals surface area contributed by atoms with Crippen LogP contribution in [0.1, 0.15) is 0 Å². The highest BCUT2D eigenvalue weighted by Gasteiger charge is 2.22. The normalized spacial score (nSPS) is 10.8. The van der Waals surface area contributed by atoms with E-state index in [1.807, 2.05) is 0 Å². The molecule has 2 aromatic carbocycles. The van der Waals surface area contributed by atoms with Gasteiger partial charge in [0.05, 0.1) is 37.2 Å². The zero-order valence-corrected chi connectivity index (χ0v) is 13.0. The molecule has 106 valence electrons. The number of nitrogens with two attached hydrogens (primary N) is 4. The van der Waals surface area contributed by atoms with Crippen molar-refractivity contribution < 1.29 is 0 Å². The second-order valence-corrected chi connectivity index (χ2v) is 5.67. The summed E-state index contributed by atoms with van der Waals surface area (Å²) in [6.07, 6.45) is 0. The van der Waals surface area contributed by atoms with Crippen LogP contribution in [-0.2, 0) is 0 Å². The lowest BCUT2D eigenvalue weighted by Crippen LogP contribution is -2.04. The fourth-order valence-electron chi connectivity index (χ4n) is 1.82. The molecule has 20 heavy (non-hydrogen) atoms. The van der Waals surface area contributed by atoms with Gasteiger partial charge in [0.15, 0.2) is 0 Å². The Morgan fingerprint density at radius 2 is 1.10 bits per heavy atom. The van der Waals surface area contributed by atoms with Crippen molar-refractivity contribution in [3.63, 3.8) is 0 Å². The van der Waals surface area contributed by atoms with Gasteiger partial charge in [-0.1, -0.05) is 46.4 Å². The van der Waals surface area contributed by atoms with Gasteiger partial charge >= 0.3 is 0 Å². The number of hydrogen-bond donors (Lipinski definition) is 4. The molecule has 0 amide bonds. The maximum absolute atomic E-state index is 6.20. The molecule has 0 heterocycles. The standard InChI is InChI=1S/C12H10Cl4N4/c13-4-1-3(17)2-5(14)6(4)7-8(15)9(16)11(19)12(20)10(7)18/h1-2H,17-20H2. The molecule has 0 aliphatic rings. The fraction of sp³-hybridized carbons (Fsp3) is 0. The second-order valence-electron chi connectivity index (χ2n) is 4.10. The number of rotatable bonds is 1. The highest BCUT2D eigenvalue weighted by molar-refractivity contribution is 6.48. The van der Waals surface area contributed by atoms with Crippen LogP contribution in [0.15, 0.2) is 12.1 Å². The molecule has 8 N–H and O–H groups in total. The van der Waals surface area contributed by atoms with Crippen molar-refractivity contribution in [1.82, 2.24) is 0 Å². The third-order valence-corrected chi connectivity index (χ3v) is 4.28. The first-order chi connectivity index (χ1) is 9.25. The van der Waals surface area contributed by atoms with Crippen LogP contribution in [0.4, 0.5) is 22.7 Å². The van der Waals surface area contributed by atoms with Gasteiger partial charge in [-0.05, 0) is 12.1 Å². The molecule has 0 aliphatic heterocycles. The summed E-state index contributed by atoms with van der Waals surface area (Å²) < 4.78 is 0. The van der Waals surface area contributed by atoms with Gasteiger partial charge in [-0.2, -0.15) is 0 Å². The van der Waals surface area contributed by atoms with Crippen molar-refractivity contribution >= 4 is 69.2 Å². The third kappa shape index (κ3) is 2.29. The molecule has 0 unspecified atom stereocenters. The Kier molecular flexibility index (Phi) is 4.02. The molecule has 0 saturated heterocycles. The SMILES string of the molecule is Nc1cc(Cl)c(-c2c(N)c(N)c(N)c(Cl)c2Cl)c(Cl)c1. The minimum Gasteiger partial charge on any atom is -0.399 e. The lowest BCUT2D eigenvalue weighted by molar-refractivity contribution is 1.59. The molecule has 0 spiro atoms. The Morgan fingerprint density at radius 1 is 0.600 bits per heavy atom. The first kappa shape index (κ1) is 15.2. The Morgan fingerprint density at radius 3 is 1.60 bits per heavy atom. The van der Waals surface area contributed by atoms with E-state index < -0.39 is 0 Å². The molecular formula is C12H10Cl4N4. The van der Waals surface area contributed by atoms with E-state index in [0.717, 1.165) is 0 Å². The molecule has 0 radical (unpaired) electrons. The van der Waals surface area contributed by atoms with Gasteiger partial charge in [0.25, 0.3) is 0 Å². The summed E-state index contributed by atoms with van der Waals surface area (Å²) in [4.78, 5) is 0. The molecular weight excluding hydrogens is 342 g/mol. The molecule has 0 saturated carbocycles. The summed E-state index contributed by atoms with van der Waals surface area (Å²) in [5.41, 5.74) is 24.7. The number of halogens is 4. The van der Waals surface area contributed by atoms with Crippen molar-refractivity contribution in [1.29, 1.82) is 0 Å². The molecule has 4 nitrogen and oxygen atoms in total. The van der Waals surface area contributed by atoms with Crippen molar-refractivity contribution in [2.75, 3.05) is 22.9 Å². The molecule has 0 fully saturated rings. The predicted octanol–water partition coefficient (Wildman–Crippen LogP) is 4.30. The summed E-state index contributed by atoms with van der Waals surface area (Å²) in [5, 5.41) is 0.787. The van der Waals surface area contributed by atoms with E-state index in [2.05, 4.69) is 0 Å². The lowest BCUT2D eigenvalue weighted by atomic mass is 10.0. The van der Waals surface area contributed by atoms with Crippen LogP contribution in [0.5, 0.6) is 0 Å². The van der Waals surface area contributed by atoms with E-state index in [4.69, 9.17) is 69.3 Å². The van der Waals surface area contributed by atoms with Gasteiger partial charge < -0.3 is 22.9 Å². The van der Waals surface area contributed by atoms with Crippen LogP contribution in [0.25, 0.3) is 11.1 Å².